The molecule has 0 radical (unpaired) electrons. The Morgan fingerprint density at radius 1 is 1.10 bits per heavy atom. The van der Waals surface area contributed by atoms with Gasteiger partial charge in [0.2, 0.25) is 26.6 Å². The molecule has 0 saturated heterocycles. The van der Waals surface area contributed by atoms with Gasteiger partial charge in [-0.15, -0.1) is 0 Å². The summed E-state index contributed by atoms with van der Waals surface area (Å²) in [5, 5.41) is 2.98. The van der Waals surface area contributed by atoms with Crippen LogP contribution in [0, 0.1) is 0 Å². The first kappa shape index (κ1) is 22.3. The smallest absolute Gasteiger partial charge is 0.233 e. The van der Waals surface area contributed by atoms with Crippen molar-refractivity contribution in [3.05, 3.63) is 53.0 Å². The molecule has 0 bridgehead atoms. The number of anilines is 1. The Labute approximate surface area is 185 Å². The van der Waals surface area contributed by atoms with Crippen molar-refractivity contribution in [1.29, 1.82) is 0 Å². The molecule has 0 atom stereocenters. The highest BCUT2D eigenvalue weighted by Gasteiger charge is 2.28. The van der Waals surface area contributed by atoms with E-state index in [1.165, 1.54) is 12.1 Å². The van der Waals surface area contributed by atoms with E-state index in [0.717, 1.165) is 17.4 Å². The first-order valence-electron chi connectivity index (χ1n) is 9.36. The molecule has 0 amide bonds. The molecule has 160 valence electrons. The van der Waals surface area contributed by atoms with E-state index in [2.05, 4.69) is 31.1 Å². The first-order valence-corrected chi connectivity index (χ1v) is 11.6. The highest BCUT2D eigenvalue weighted by Crippen LogP contribution is 2.33. The average Bonchev–Trinajstić information content (AvgIpc) is 3.16. The molecular weight excluding hydrogens is 470 g/mol. The zero-order chi connectivity index (χ0) is 21.7. The SMILES string of the molecule is COc1ccc(-c2nc(S(=O)(=O)c3ccc(Br)cc3)c(NCCCN(C)C)o2)cc1. The number of nitrogens with zero attached hydrogens (tertiary/aromatic N) is 2. The predicted molar refractivity (Wildman–Crippen MR) is 120 cm³/mol. The average molecular weight is 494 g/mol. The summed E-state index contributed by atoms with van der Waals surface area (Å²) < 4.78 is 38.3. The maximum absolute atomic E-state index is 13.2. The van der Waals surface area contributed by atoms with Gasteiger partial charge in [-0.05, 0) is 75.6 Å². The monoisotopic (exact) mass is 493 g/mol. The molecule has 0 spiro atoms. The van der Waals surface area contributed by atoms with Crippen molar-refractivity contribution in [2.75, 3.05) is 39.6 Å². The molecule has 0 aliphatic carbocycles. The number of halogens is 1. The van der Waals surface area contributed by atoms with Crippen LogP contribution < -0.4 is 10.1 Å². The molecule has 1 heterocycles. The van der Waals surface area contributed by atoms with Gasteiger partial charge in [-0.2, -0.15) is 4.98 Å². The second kappa shape index (κ2) is 9.63. The zero-order valence-electron chi connectivity index (χ0n) is 17.1. The van der Waals surface area contributed by atoms with Crippen LogP contribution in [-0.2, 0) is 9.84 Å². The Kier molecular flexibility index (Phi) is 7.17. The number of hydrogen-bond donors (Lipinski definition) is 1. The van der Waals surface area contributed by atoms with Crippen LogP contribution >= 0.6 is 15.9 Å². The summed E-state index contributed by atoms with van der Waals surface area (Å²) in [5.74, 6) is 1.06. The van der Waals surface area contributed by atoms with Crippen LogP contribution in [0.15, 0.2) is 67.3 Å². The minimum Gasteiger partial charge on any atom is -0.497 e. The van der Waals surface area contributed by atoms with E-state index in [1.54, 1.807) is 43.5 Å². The van der Waals surface area contributed by atoms with E-state index in [1.807, 2.05) is 14.1 Å². The second-order valence-corrected chi connectivity index (χ2v) is 9.70. The van der Waals surface area contributed by atoms with Crippen LogP contribution in [0.2, 0.25) is 0 Å². The van der Waals surface area contributed by atoms with Crippen molar-refractivity contribution in [1.82, 2.24) is 9.88 Å². The number of oxazole rings is 1. The molecule has 0 fully saturated rings. The van der Waals surface area contributed by atoms with Gasteiger partial charge in [-0.1, -0.05) is 15.9 Å². The molecule has 2 aromatic carbocycles. The molecule has 3 aromatic rings. The molecule has 0 aliphatic rings. The van der Waals surface area contributed by atoms with E-state index < -0.39 is 9.84 Å². The fourth-order valence-electron chi connectivity index (χ4n) is 2.78. The summed E-state index contributed by atoms with van der Waals surface area (Å²) in [4.78, 5) is 6.55. The lowest BCUT2D eigenvalue weighted by atomic mass is 10.2. The Hall–Kier alpha value is -2.36. The van der Waals surface area contributed by atoms with Crippen LogP contribution in [0.25, 0.3) is 11.5 Å². The highest BCUT2D eigenvalue weighted by molar-refractivity contribution is 9.10. The van der Waals surface area contributed by atoms with Gasteiger partial charge in [0.05, 0.1) is 12.0 Å². The third-order valence-corrected chi connectivity index (χ3v) is 6.59. The van der Waals surface area contributed by atoms with Crippen molar-refractivity contribution in [3.8, 4) is 17.2 Å². The fraction of sp³-hybridized carbons (Fsp3) is 0.286. The molecule has 3 rings (SSSR count). The fourth-order valence-corrected chi connectivity index (χ4v) is 4.32. The van der Waals surface area contributed by atoms with E-state index in [4.69, 9.17) is 9.15 Å². The van der Waals surface area contributed by atoms with E-state index in [9.17, 15) is 8.42 Å². The largest absolute Gasteiger partial charge is 0.497 e. The second-order valence-electron chi connectivity index (χ2n) is 6.92. The quantitative estimate of drug-likeness (QED) is 0.444. The number of rotatable bonds is 9. The maximum Gasteiger partial charge on any atom is 0.233 e. The van der Waals surface area contributed by atoms with Crippen LogP contribution in [0.5, 0.6) is 5.75 Å². The predicted octanol–water partition coefficient (Wildman–Crippen LogP) is 4.31. The van der Waals surface area contributed by atoms with E-state index >= 15 is 0 Å². The number of aromatic nitrogens is 1. The molecular formula is C21H24BrN3O4S. The number of nitrogens with one attached hydrogen (secondary N) is 1. The standard InChI is InChI=1S/C21H24BrN3O4S/c1-25(2)14-4-13-23-20-21(30(26,27)18-11-7-16(22)8-12-18)24-19(29-20)15-5-9-17(28-3)10-6-15/h5-12,23H,4,13-14H2,1-3H3. The Morgan fingerprint density at radius 2 is 1.77 bits per heavy atom. The van der Waals surface area contributed by atoms with Gasteiger partial charge in [0.15, 0.2) is 0 Å². The van der Waals surface area contributed by atoms with Crippen LogP contribution in [0.4, 0.5) is 5.88 Å². The third-order valence-electron chi connectivity index (χ3n) is 4.38. The van der Waals surface area contributed by atoms with Gasteiger partial charge in [-0.25, -0.2) is 8.42 Å². The molecule has 9 heteroatoms. The van der Waals surface area contributed by atoms with Gasteiger partial charge in [0, 0.05) is 16.6 Å². The lowest BCUT2D eigenvalue weighted by molar-refractivity contribution is 0.404. The first-order chi connectivity index (χ1) is 14.3. The van der Waals surface area contributed by atoms with Gasteiger partial charge in [-0.3, -0.25) is 0 Å². The summed E-state index contributed by atoms with van der Waals surface area (Å²) in [6.07, 6.45) is 0.823. The molecule has 0 saturated carbocycles. The van der Waals surface area contributed by atoms with Crippen LogP contribution in [0.1, 0.15) is 6.42 Å². The maximum atomic E-state index is 13.2. The van der Waals surface area contributed by atoms with Crippen LogP contribution in [0.3, 0.4) is 0 Å². The number of ether oxygens (including phenoxy) is 1. The minimum absolute atomic E-state index is 0.125. The Bertz CT molecular complexity index is 1080. The lowest BCUT2D eigenvalue weighted by Crippen LogP contribution is -2.17. The van der Waals surface area contributed by atoms with E-state index in [0.29, 0.717) is 17.9 Å². The molecule has 1 N–H and O–H groups in total. The third kappa shape index (κ3) is 5.21. The summed E-state index contributed by atoms with van der Waals surface area (Å²) >= 11 is 3.33. The van der Waals surface area contributed by atoms with Crippen molar-refractivity contribution >= 4 is 31.7 Å². The summed E-state index contributed by atoms with van der Waals surface area (Å²) in [5.41, 5.74) is 0.657. The van der Waals surface area contributed by atoms with Gasteiger partial charge < -0.3 is 19.4 Å². The zero-order valence-corrected chi connectivity index (χ0v) is 19.5. The number of hydrogen-bond acceptors (Lipinski definition) is 7. The highest BCUT2D eigenvalue weighted by atomic mass is 79.9. The number of benzene rings is 2. The summed E-state index contributed by atoms with van der Waals surface area (Å²) in [6.45, 7) is 1.42. The van der Waals surface area contributed by atoms with Crippen molar-refractivity contribution in [3.63, 3.8) is 0 Å². The normalized spacial score (nSPS) is 11.6. The van der Waals surface area contributed by atoms with Crippen molar-refractivity contribution in [2.24, 2.45) is 0 Å². The minimum atomic E-state index is -3.86. The molecule has 0 unspecified atom stereocenters. The molecule has 7 nitrogen and oxygen atoms in total. The van der Waals surface area contributed by atoms with Gasteiger partial charge in [0.1, 0.15) is 5.75 Å². The number of sulfone groups is 1. The summed E-state index contributed by atoms with van der Waals surface area (Å²) in [7, 11) is 1.69. The topological polar surface area (TPSA) is 84.7 Å². The van der Waals surface area contributed by atoms with Gasteiger partial charge >= 0.3 is 0 Å². The summed E-state index contributed by atoms with van der Waals surface area (Å²) in [6, 6.07) is 13.5. The molecule has 30 heavy (non-hydrogen) atoms. The number of methoxy groups -OCH3 is 1. The van der Waals surface area contributed by atoms with Gasteiger partial charge in [0.25, 0.3) is 0 Å². The molecule has 1 aromatic heterocycles. The van der Waals surface area contributed by atoms with E-state index in [-0.39, 0.29) is 21.7 Å². The van der Waals surface area contributed by atoms with Crippen molar-refractivity contribution < 1.29 is 17.6 Å². The molecule has 0 aliphatic heterocycles. The Morgan fingerprint density at radius 3 is 2.37 bits per heavy atom. The Balaban J connectivity index is 1.97. The lowest BCUT2D eigenvalue weighted by Gasteiger charge is -2.10. The van der Waals surface area contributed by atoms with Crippen LogP contribution in [-0.4, -0.2) is 52.6 Å². The van der Waals surface area contributed by atoms with Crippen molar-refractivity contribution in [2.45, 2.75) is 16.3 Å².